The molecular weight excluding hydrogens is 490 g/mol. The highest BCUT2D eigenvalue weighted by molar-refractivity contribution is 6.08. The number of rotatable bonds is 8. The maximum absolute atomic E-state index is 13.5. The summed E-state index contributed by atoms with van der Waals surface area (Å²) in [6.07, 6.45) is 7.87. The van der Waals surface area contributed by atoms with E-state index in [1.807, 2.05) is 23.1 Å². The third-order valence-corrected chi connectivity index (χ3v) is 8.49. The van der Waals surface area contributed by atoms with Gasteiger partial charge in [-0.05, 0) is 52.8 Å². The average Bonchev–Trinajstić information content (AvgIpc) is 3.75. The largest absolute Gasteiger partial charge is 0.323 e. The first-order valence-electron chi connectivity index (χ1n) is 14.1. The van der Waals surface area contributed by atoms with E-state index in [9.17, 15) is 9.59 Å². The Bertz CT molecular complexity index is 1400. The van der Waals surface area contributed by atoms with Crippen molar-refractivity contribution < 1.29 is 9.59 Å². The maximum Gasteiger partial charge on any atom is 0.256 e. The monoisotopic (exact) mass is 525 g/mol. The quantitative estimate of drug-likeness (QED) is 0.412. The maximum atomic E-state index is 13.5. The van der Waals surface area contributed by atoms with Gasteiger partial charge in [-0.2, -0.15) is 0 Å². The molecule has 1 aromatic heterocycles. The third kappa shape index (κ3) is 4.53. The Morgan fingerprint density at radius 3 is 2.44 bits per heavy atom. The molecule has 0 bridgehead atoms. The van der Waals surface area contributed by atoms with Crippen LogP contribution in [0.25, 0.3) is 22.5 Å². The zero-order chi connectivity index (χ0) is 27.0. The molecule has 9 nitrogen and oxygen atoms in total. The summed E-state index contributed by atoms with van der Waals surface area (Å²) in [4.78, 5) is 34.3. The molecule has 1 aliphatic carbocycles. The lowest BCUT2D eigenvalue weighted by Crippen LogP contribution is -2.40. The number of aliphatic imine (C=N–C) groups is 1. The molecule has 0 N–H and O–H groups in total. The van der Waals surface area contributed by atoms with E-state index >= 15 is 0 Å². The molecule has 1 saturated carbocycles. The van der Waals surface area contributed by atoms with Crippen molar-refractivity contribution in [3.8, 4) is 22.5 Å². The Balaban J connectivity index is 1.26. The Kier molecular flexibility index (Phi) is 6.74. The predicted octanol–water partition coefficient (Wildman–Crippen LogP) is 5.00. The van der Waals surface area contributed by atoms with Gasteiger partial charge in [-0.25, -0.2) is 4.68 Å². The zero-order valence-corrected chi connectivity index (χ0v) is 22.7. The SMILES string of the molecule is CCCCC1=NC2(CCCC2)C(=O)N1Cc1ccc(-c2ccccc2-c2nnnn2C2CCC(=O)N2C)cc1. The first kappa shape index (κ1) is 25.4. The van der Waals surface area contributed by atoms with Crippen molar-refractivity contribution in [1.82, 2.24) is 30.0 Å². The Hall–Kier alpha value is -3.88. The van der Waals surface area contributed by atoms with Crippen molar-refractivity contribution in [2.45, 2.75) is 83.0 Å². The molecule has 1 saturated heterocycles. The number of tetrazole rings is 1. The van der Waals surface area contributed by atoms with Gasteiger partial charge in [0.2, 0.25) is 5.91 Å². The molecule has 1 atom stereocenters. The highest BCUT2D eigenvalue weighted by Gasteiger charge is 2.49. The molecule has 202 valence electrons. The molecule has 0 radical (unpaired) electrons. The van der Waals surface area contributed by atoms with Gasteiger partial charge >= 0.3 is 0 Å². The highest BCUT2D eigenvalue weighted by atomic mass is 16.2. The van der Waals surface area contributed by atoms with Crippen LogP contribution >= 0.6 is 0 Å². The number of hydrogen-bond donors (Lipinski definition) is 0. The molecule has 9 heteroatoms. The average molecular weight is 526 g/mol. The molecule has 6 rings (SSSR count). The molecule has 1 unspecified atom stereocenters. The van der Waals surface area contributed by atoms with Crippen LogP contribution in [0.4, 0.5) is 0 Å². The van der Waals surface area contributed by atoms with Gasteiger partial charge in [0, 0.05) is 25.5 Å². The molecule has 2 aromatic carbocycles. The summed E-state index contributed by atoms with van der Waals surface area (Å²) < 4.78 is 1.76. The number of likely N-dealkylation sites (tertiary alicyclic amines) is 1. The minimum absolute atomic E-state index is 0.101. The number of hydrogen-bond acceptors (Lipinski definition) is 6. The fourth-order valence-electron chi connectivity index (χ4n) is 6.25. The molecular formula is C30H35N7O2. The molecule has 39 heavy (non-hydrogen) atoms. The lowest BCUT2D eigenvalue weighted by atomic mass is 9.97. The van der Waals surface area contributed by atoms with Crippen LogP contribution in [-0.2, 0) is 16.1 Å². The number of carbonyl (C=O) groups is 2. The highest BCUT2D eigenvalue weighted by Crippen LogP contribution is 2.40. The molecule has 2 fully saturated rings. The summed E-state index contributed by atoms with van der Waals surface area (Å²) in [7, 11) is 1.80. The lowest BCUT2D eigenvalue weighted by Gasteiger charge is -2.23. The van der Waals surface area contributed by atoms with Gasteiger partial charge in [-0.3, -0.25) is 19.5 Å². The summed E-state index contributed by atoms with van der Waals surface area (Å²) in [5.74, 6) is 1.88. The molecule has 3 aliphatic rings. The second kappa shape index (κ2) is 10.4. The summed E-state index contributed by atoms with van der Waals surface area (Å²) in [5, 5.41) is 12.5. The van der Waals surface area contributed by atoms with Crippen molar-refractivity contribution >= 4 is 17.6 Å². The predicted molar refractivity (Wildman–Crippen MR) is 148 cm³/mol. The number of nitrogens with zero attached hydrogens (tertiary/aromatic N) is 7. The van der Waals surface area contributed by atoms with E-state index in [4.69, 9.17) is 4.99 Å². The first-order chi connectivity index (χ1) is 19.0. The number of carbonyl (C=O) groups excluding carboxylic acids is 2. The van der Waals surface area contributed by atoms with E-state index in [0.29, 0.717) is 25.2 Å². The van der Waals surface area contributed by atoms with Gasteiger partial charge in [-0.15, -0.1) is 5.10 Å². The normalized spacial score (nSPS) is 20.5. The standard InChI is InChI=1S/C30H35N7O2/c1-3-4-11-25-31-30(18-7-8-19-30)29(39)36(25)20-21-12-14-22(15-13-21)23-9-5-6-10-24(23)28-32-33-34-37(28)26-16-17-27(38)35(26)2/h5-6,9-10,12-15,26H,3-4,7-8,11,16-20H2,1-2H3. The van der Waals surface area contributed by atoms with E-state index in [1.165, 1.54) is 0 Å². The van der Waals surface area contributed by atoms with Crippen LogP contribution in [0.5, 0.6) is 0 Å². The van der Waals surface area contributed by atoms with E-state index in [1.54, 1.807) is 16.6 Å². The minimum atomic E-state index is -0.510. The van der Waals surface area contributed by atoms with E-state index in [0.717, 1.165) is 73.0 Å². The van der Waals surface area contributed by atoms with Crippen LogP contribution in [0, 0.1) is 0 Å². The number of amidine groups is 1. The van der Waals surface area contributed by atoms with Crippen molar-refractivity contribution in [1.29, 1.82) is 0 Å². The first-order valence-corrected chi connectivity index (χ1v) is 14.1. The van der Waals surface area contributed by atoms with E-state index in [2.05, 4.69) is 52.8 Å². The summed E-state index contributed by atoms with van der Waals surface area (Å²) in [6.45, 7) is 2.72. The lowest BCUT2D eigenvalue weighted by molar-refractivity contribution is -0.131. The van der Waals surface area contributed by atoms with Crippen LogP contribution in [-0.4, -0.2) is 60.2 Å². The molecule has 3 aromatic rings. The number of amides is 2. The number of benzene rings is 2. The van der Waals surface area contributed by atoms with Crippen LogP contribution in [0.15, 0.2) is 53.5 Å². The second-order valence-corrected chi connectivity index (χ2v) is 11.0. The van der Waals surface area contributed by atoms with Crippen molar-refractivity contribution in [2.24, 2.45) is 4.99 Å². The Morgan fingerprint density at radius 1 is 1.00 bits per heavy atom. The van der Waals surface area contributed by atoms with Gasteiger partial charge in [0.05, 0.1) is 6.54 Å². The summed E-state index contributed by atoms with van der Waals surface area (Å²) in [6, 6.07) is 16.5. The van der Waals surface area contributed by atoms with Gasteiger partial charge in [0.15, 0.2) is 5.82 Å². The van der Waals surface area contributed by atoms with Gasteiger partial charge in [-0.1, -0.05) is 74.7 Å². The smallest absolute Gasteiger partial charge is 0.256 e. The van der Waals surface area contributed by atoms with Crippen LogP contribution in [0.3, 0.4) is 0 Å². The third-order valence-electron chi connectivity index (χ3n) is 8.49. The fourth-order valence-corrected chi connectivity index (χ4v) is 6.25. The number of unbranched alkanes of at least 4 members (excludes halogenated alkanes) is 1. The topological polar surface area (TPSA) is 96.6 Å². The second-order valence-electron chi connectivity index (χ2n) is 11.0. The zero-order valence-electron chi connectivity index (χ0n) is 22.7. The summed E-state index contributed by atoms with van der Waals surface area (Å²) in [5.41, 5.74) is 3.54. The Labute approximate surface area is 228 Å². The van der Waals surface area contributed by atoms with Gasteiger partial charge in [0.25, 0.3) is 5.91 Å². The summed E-state index contributed by atoms with van der Waals surface area (Å²) >= 11 is 0. The van der Waals surface area contributed by atoms with Crippen LogP contribution in [0.2, 0.25) is 0 Å². The number of aromatic nitrogens is 4. The van der Waals surface area contributed by atoms with Crippen molar-refractivity contribution in [3.05, 3.63) is 54.1 Å². The Morgan fingerprint density at radius 2 is 1.74 bits per heavy atom. The molecule has 1 spiro atoms. The van der Waals surface area contributed by atoms with E-state index < -0.39 is 5.54 Å². The van der Waals surface area contributed by atoms with Gasteiger partial charge < -0.3 is 4.90 Å². The van der Waals surface area contributed by atoms with Crippen molar-refractivity contribution in [2.75, 3.05) is 7.05 Å². The molecule has 2 aliphatic heterocycles. The van der Waals surface area contributed by atoms with E-state index in [-0.39, 0.29) is 18.0 Å². The van der Waals surface area contributed by atoms with Gasteiger partial charge in [0.1, 0.15) is 17.5 Å². The minimum Gasteiger partial charge on any atom is -0.323 e. The van der Waals surface area contributed by atoms with Crippen molar-refractivity contribution in [3.63, 3.8) is 0 Å². The van der Waals surface area contributed by atoms with Crippen LogP contribution < -0.4 is 0 Å². The molecule has 2 amide bonds. The molecule has 3 heterocycles. The fraction of sp³-hybridized carbons (Fsp3) is 0.467. The van der Waals surface area contributed by atoms with Crippen LogP contribution in [0.1, 0.15) is 76.4 Å².